The van der Waals surface area contributed by atoms with Crippen molar-refractivity contribution < 1.29 is 0 Å². The van der Waals surface area contributed by atoms with Crippen LogP contribution >= 0.6 is 0 Å². The highest BCUT2D eigenvalue weighted by Gasteiger charge is 2.35. The van der Waals surface area contributed by atoms with Crippen molar-refractivity contribution in [2.45, 2.75) is 52.8 Å². The Balaban J connectivity index is 2.87. The van der Waals surface area contributed by atoms with Crippen LogP contribution in [0.1, 0.15) is 34.6 Å². The van der Waals surface area contributed by atoms with E-state index in [9.17, 15) is 0 Å². The van der Waals surface area contributed by atoms with Gasteiger partial charge in [0.1, 0.15) is 0 Å². The van der Waals surface area contributed by atoms with Gasteiger partial charge in [-0.15, -0.1) is 0 Å². The van der Waals surface area contributed by atoms with Crippen molar-refractivity contribution in [2.75, 3.05) is 11.5 Å². The number of nitrogens with one attached hydrogen (secondary N) is 1. The van der Waals surface area contributed by atoms with E-state index in [-0.39, 0.29) is 0 Å². The smallest absolute Gasteiger partial charge is 0.0772 e. The van der Waals surface area contributed by atoms with Gasteiger partial charge in [0, 0.05) is 19.4 Å². The molecular formula is C17H31NSi2. The van der Waals surface area contributed by atoms with E-state index in [0.717, 1.165) is 0 Å². The molecule has 0 bridgehead atoms. The van der Waals surface area contributed by atoms with E-state index in [0.29, 0.717) is 0 Å². The molecule has 0 aliphatic heterocycles. The lowest BCUT2D eigenvalue weighted by Crippen LogP contribution is -2.52. The Bertz CT molecular complexity index is 398. The first-order valence-corrected chi connectivity index (χ1v) is 13.9. The second-order valence-electron chi connectivity index (χ2n) is 6.02. The molecular weight excluding hydrogens is 274 g/mol. The van der Waals surface area contributed by atoms with Crippen molar-refractivity contribution in [1.82, 2.24) is 0 Å². The van der Waals surface area contributed by atoms with E-state index in [1.54, 1.807) is 0 Å². The summed E-state index contributed by atoms with van der Waals surface area (Å²) in [4.78, 5) is 0. The summed E-state index contributed by atoms with van der Waals surface area (Å²) in [5.74, 6) is 0. The molecule has 112 valence electrons. The van der Waals surface area contributed by atoms with Gasteiger partial charge in [-0.1, -0.05) is 68.4 Å². The fraction of sp³-hybridized carbons (Fsp3) is 0.529. The number of rotatable bonds is 8. The van der Waals surface area contributed by atoms with Crippen molar-refractivity contribution >= 4 is 21.6 Å². The van der Waals surface area contributed by atoms with Crippen LogP contribution in [0.4, 0.5) is 5.69 Å². The van der Waals surface area contributed by atoms with Crippen LogP contribution in [0.5, 0.6) is 0 Å². The highest BCUT2D eigenvalue weighted by molar-refractivity contribution is 7.35. The summed E-state index contributed by atoms with van der Waals surface area (Å²) in [6, 6.07) is 15.0. The summed E-state index contributed by atoms with van der Waals surface area (Å²) >= 11 is 0. The van der Waals surface area contributed by atoms with Gasteiger partial charge in [-0.05, 0) is 26.0 Å². The van der Waals surface area contributed by atoms with E-state index >= 15 is 0 Å². The van der Waals surface area contributed by atoms with E-state index in [4.69, 9.17) is 0 Å². The van der Waals surface area contributed by atoms with E-state index in [2.05, 4.69) is 76.0 Å². The molecule has 0 spiro atoms. The van der Waals surface area contributed by atoms with Crippen LogP contribution in [0.25, 0.3) is 0 Å². The number of allylic oxidation sites excluding steroid dienone is 1. The van der Waals surface area contributed by atoms with Gasteiger partial charge in [0.05, 0.1) is 8.31 Å². The average Bonchev–Trinajstić information content (AvgIpc) is 2.47. The monoisotopic (exact) mass is 305 g/mol. The minimum atomic E-state index is -1.06. The van der Waals surface area contributed by atoms with E-state index in [1.807, 2.05) is 0 Å². The quantitative estimate of drug-likeness (QED) is 0.670. The maximum atomic E-state index is 3.71. The summed E-state index contributed by atoms with van der Waals surface area (Å²) in [5, 5.41) is 3.71. The van der Waals surface area contributed by atoms with Crippen LogP contribution < -0.4 is 5.32 Å². The topological polar surface area (TPSA) is 12.0 Å². The SMILES string of the molecule is CC[Si](CC)(CC)[SiH](C=C(C)C)CNc1ccccc1. The summed E-state index contributed by atoms with van der Waals surface area (Å²) in [6.07, 6.45) is 1.22. The molecule has 20 heavy (non-hydrogen) atoms. The molecule has 0 amide bonds. The molecule has 1 unspecified atom stereocenters. The van der Waals surface area contributed by atoms with Crippen LogP contribution in [-0.2, 0) is 0 Å². The molecule has 0 saturated carbocycles. The second-order valence-corrected chi connectivity index (χ2v) is 18.7. The zero-order chi connectivity index (χ0) is 15.0. The molecule has 0 aromatic heterocycles. The Labute approximate surface area is 127 Å². The van der Waals surface area contributed by atoms with Crippen molar-refractivity contribution in [3.8, 4) is 0 Å². The molecule has 1 aromatic carbocycles. The Morgan fingerprint density at radius 3 is 2.05 bits per heavy atom. The summed E-state index contributed by atoms with van der Waals surface area (Å²) < 4.78 is 0. The zero-order valence-corrected chi connectivity index (χ0v) is 16.0. The predicted octanol–water partition coefficient (Wildman–Crippen LogP) is 4.96. The fourth-order valence-corrected chi connectivity index (χ4v) is 16.8. The molecule has 3 heteroatoms. The number of benzene rings is 1. The first-order chi connectivity index (χ1) is 9.57. The van der Waals surface area contributed by atoms with Gasteiger partial charge >= 0.3 is 0 Å². The predicted molar refractivity (Wildman–Crippen MR) is 98.7 cm³/mol. The molecule has 1 rings (SSSR count). The van der Waals surface area contributed by atoms with Crippen LogP contribution in [0.15, 0.2) is 41.6 Å². The molecule has 1 aromatic rings. The molecule has 0 saturated heterocycles. The van der Waals surface area contributed by atoms with Crippen LogP contribution in [0, 0.1) is 0 Å². The number of hydrogen-bond donors (Lipinski definition) is 1. The third kappa shape index (κ3) is 4.63. The van der Waals surface area contributed by atoms with Crippen molar-refractivity contribution in [2.24, 2.45) is 0 Å². The summed E-state index contributed by atoms with van der Waals surface area (Å²) in [6.45, 7) is 11.8. The molecule has 0 heterocycles. The van der Waals surface area contributed by atoms with Crippen LogP contribution in [0.3, 0.4) is 0 Å². The van der Waals surface area contributed by atoms with E-state index in [1.165, 1.54) is 35.6 Å². The maximum Gasteiger partial charge on any atom is 0.0772 e. The maximum absolute atomic E-state index is 3.71. The molecule has 1 N–H and O–H groups in total. The molecule has 1 atom stereocenters. The summed E-state index contributed by atoms with van der Waals surface area (Å²) in [5.41, 5.74) is 5.46. The number of hydrogen-bond acceptors (Lipinski definition) is 1. The normalized spacial score (nSPS) is 12.8. The Hall–Kier alpha value is -0.806. The van der Waals surface area contributed by atoms with Crippen molar-refractivity contribution in [1.29, 1.82) is 0 Å². The minimum Gasteiger partial charge on any atom is -0.388 e. The van der Waals surface area contributed by atoms with Gasteiger partial charge in [0.25, 0.3) is 0 Å². The molecule has 0 fully saturated rings. The van der Waals surface area contributed by atoms with Gasteiger partial charge in [0.2, 0.25) is 0 Å². The lowest BCUT2D eigenvalue weighted by atomic mass is 10.3. The largest absolute Gasteiger partial charge is 0.388 e. The molecule has 0 aliphatic carbocycles. The number of anilines is 1. The number of para-hydroxylation sites is 1. The van der Waals surface area contributed by atoms with Gasteiger partial charge in [0.15, 0.2) is 0 Å². The van der Waals surface area contributed by atoms with Crippen molar-refractivity contribution in [3.05, 3.63) is 41.6 Å². The van der Waals surface area contributed by atoms with E-state index < -0.39 is 15.9 Å². The molecule has 1 nitrogen and oxygen atoms in total. The second kappa shape index (κ2) is 8.47. The van der Waals surface area contributed by atoms with Gasteiger partial charge in [-0.3, -0.25) is 0 Å². The van der Waals surface area contributed by atoms with Gasteiger partial charge in [-0.25, -0.2) is 0 Å². The van der Waals surface area contributed by atoms with Crippen molar-refractivity contribution in [3.63, 3.8) is 0 Å². The lowest BCUT2D eigenvalue weighted by molar-refractivity contribution is 1.21. The van der Waals surface area contributed by atoms with Gasteiger partial charge < -0.3 is 5.32 Å². The zero-order valence-electron chi connectivity index (χ0n) is 13.9. The first kappa shape index (κ1) is 17.2. The van der Waals surface area contributed by atoms with Crippen LogP contribution in [0.2, 0.25) is 18.1 Å². The Morgan fingerprint density at radius 1 is 1.05 bits per heavy atom. The van der Waals surface area contributed by atoms with Gasteiger partial charge in [-0.2, -0.15) is 0 Å². The molecule has 0 aliphatic rings. The highest BCUT2D eigenvalue weighted by atomic mass is 29.2. The third-order valence-electron chi connectivity index (χ3n) is 4.73. The summed E-state index contributed by atoms with van der Waals surface area (Å²) in [7, 11) is -1.91. The fourth-order valence-electron chi connectivity index (χ4n) is 3.17. The standard InChI is InChI=1S/C17H31NSi2/c1-6-20(7-2,8-3)19(14-16(4)5)15-18-17-12-10-9-11-13-17/h9-14,18-19H,6-8,15H2,1-5H3. The third-order valence-corrected chi connectivity index (χ3v) is 21.8. The lowest BCUT2D eigenvalue weighted by Gasteiger charge is -2.35. The minimum absolute atomic E-state index is 0.846. The Morgan fingerprint density at radius 2 is 1.60 bits per heavy atom. The average molecular weight is 306 g/mol. The Kier molecular flexibility index (Phi) is 7.31. The molecule has 0 radical (unpaired) electrons. The first-order valence-electron chi connectivity index (χ1n) is 8.02. The highest BCUT2D eigenvalue weighted by Crippen LogP contribution is 2.25. The van der Waals surface area contributed by atoms with Crippen LogP contribution in [-0.4, -0.2) is 22.1 Å².